The molecule has 1 heterocycles. The standard InChI is InChI=1S/C19H16F3N3O4/c1-18(2,17(26)29-3)11-5-4-6-12(7-11)24-10-14-15(19(20,21)22)8-13(25(27)28)9-16(14)23-24/h4-10H,1-3H3. The molecule has 0 spiro atoms. The highest BCUT2D eigenvalue weighted by Crippen LogP contribution is 2.37. The van der Waals surface area contributed by atoms with Gasteiger partial charge in [0.05, 0.1) is 28.7 Å². The van der Waals surface area contributed by atoms with Crippen molar-refractivity contribution in [2.75, 3.05) is 7.11 Å². The van der Waals surface area contributed by atoms with Gasteiger partial charge in [-0.3, -0.25) is 14.9 Å². The van der Waals surface area contributed by atoms with Crippen LogP contribution in [0.25, 0.3) is 16.6 Å². The number of halogens is 3. The Bertz CT molecular complexity index is 1120. The van der Waals surface area contributed by atoms with E-state index in [9.17, 15) is 28.1 Å². The van der Waals surface area contributed by atoms with Gasteiger partial charge in [-0.25, -0.2) is 4.68 Å². The summed E-state index contributed by atoms with van der Waals surface area (Å²) in [6.07, 6.45) is -3.63. The summed E-state index contributed by atoms with van der Waals surface area (Å²) >= 11 is 0. The Labute approximate surface area is 162 Å². The number of hydrogen-bond donors (Lipinski definition) is 0. The van der Waals surface area contributed by atoms with Crippen LogP contribution in [0.4, 0.5) is 18.9 Å². The third-order valence-corrected chi connectivity index (χ3v) is 4.65. The number of carbonyl (C=O) groups is 1. The Balaban J connectivity index is 2.18. The molecule has 0 fully saturated rings. The molecule has 29 heavy (non-hydrogen) atoms. The van der Waals surface area contributed by atoms with Crippen LogP contribution in [-0.2, 0) is 21.1 Å². The molecule has 0 unspecified atom stereocenters. The van der Waals surface area contributed by atoms with E-state index in [-0.39, 0.29) is 10.9 Å². The topological polar surface area (TPSA) is 87.3 Å². The molecule has 1 aromatic heterocycles. The summed E-state index contributed by atoms with van der Waals surface area (Å²) in [7, 11) is 1.26. The molecule has 2 aromatic carbocycles. The number of alkyl halides is 3. The van der Waals surface area contributed by atoms with E-state index >= 15 is 0 Å². The minimum Gasteiger partial charge on any atom is -0.468 e. The SMILES string of the molecule is COC(=O)C(C)(C)c1cccc(-n2cc3c(C(F)(F)F)cc([N+](=O)[O-])cc3n2)c1. The number of ether oxygens (including phenoxy) is 1. The number of rotatable bonds is 4. The van der Waals surface area contributed by atoms with Crippen LogP contribution in [0.15, 0.2) is 42.6 Å². The van der Waals surface area contributed by atoms with Crippen LogP contribution in [0.2, 0.25) is 0 Å². The van der Waals surface area contributed by atoms with Crippen molar-refractivity contribution >= 4 is 22.6 Å². The van der Waals surface area contributed by atoms with E-state index < -0.39 is 33.7 Å². The quantitative estimate of drug-likeness (QED) is 0.363. The molecule has 152 valence electrons. The van der Waals surface area contributed by atoms with Crippen molar-refractivity contribution in [2.45, 2.75) is 25.4 Å². The van der Waals surface area contributed by atoms with Crippen molar-refractivity contribution in [3.63, 3.8) is 0 Å². The van der Waals surface area contributed by atoms with Crippen LogP contribution < -0.4 is 0 Å². The molecule has 0 saturated heterocycles. The summed E-state index contributed by atoms with van der Waals surface area (Å²) in [5, 5.41) is 14.8. The lowest BCUT2D eigenvalue weighted by Crippen LogP contribution is -2.30. The molecule has 3 aromatic rings. The van der Waals surface area contributed by atoms with Crippen molar-refractivity contribution in [2.24, 2.45) is 0 Å². The van der Waals surface area contributed by atoms with Crippen LogP contribution in [0.5, 0.6) is 0 Å². The van der Waals surface area contributed by atoms with Crippen LogP contribution in [0, 0.1) is 10.1 Å². The second-order valence-corrected chi connectivity index (χ2v) is 6.92. The number of fused-ring (bicyclic) bond motifs is 1. The molecular weight excluding hydrogens is 391 g/mol. The van der Waals surface area contributed by atoms with Gasteiger partial charge in [-0.2, -0.15) is 18.3 Å². The monoisotopic (exact) mass is 407 g/mol. The van der Waals surface area contributed by atoms with Crippen LogP contribution in [0.3, 0.4) is 0 Å². The van der Waals surface area contributed by atoms with E-state index in [2.05, 4.69) is 5.10 Å². The molecule has 0 radical (unpaired) electrons. The normalized spacial score (nSPS) is 12.2. The first-order chi connectivity index (χ1) is 13.4. The van der Waals surface area contributed by atoms with Crippen LogP contribution >= 0.6 is 0 Å². The van der Waals surface area contributed by atoms with Crippen molar-refractivity contribution in [3.8, 4) is 5.69 Å². The lowest BCUT2D eigenvalue weighted by Gasteiger charge is -2.22. The Hall–Kier alpha value is -3.43. The highest BCUT2D eigenvalue weighted by atomic mass is 19.4. The van der Waals surface area contributed by atoms with Crippen molar-refractivity contribution in [1.82, 2.24) is 9.78 Å². The minimum absolute atomic E-state index is 0.163. The lowest BCUT2D eigenvalue weighted by molar-refractivity contribution is -0.385. The summed E-state index contributed by atoms with van der Waals surface area (Å²) in [5.41, 5.74) is -2.03. The number of non-ortho nitro benzene ring substituents is 1. The van der Waals surface area contributed by atoms with Gasteiger partial charge in [-0.15, -0.1) is 0 Å². The van der Waals surface area contributed by atoms with Gasteiger partial charge in [-0.05, 0) is 31.5 Å². The molecule has 0 aliphatic heterocycles. The van der Waals surface area contributed by atoms with Gasteiger partial charge < -0.3 is 4.74 Å². The molecule has 0 amide bonds. The predicted molar refractivity (Wildman–Crippen MR) is 97.8 cm³/mol. The Kier molecular flexibility index (Phi) is 4.81. The van der Waals surface area contributed by atoms with Gasteiger partial charge in [0, 0.05) is 23.7 Å². The molecule has 0 saturated carbocycles. The van der Waals surface area contributed by atoms with E-state index in [0.717, 1.165) is 12.3 Å². The number of nitro groups is 1. The average Bonchev–Trinajstić information content (AvgIpc) is 3.09. The first kappa shape index (κ1) is 20.3. The van der Waals surface area contributed by atoms with Gasteiger partial charge in [-0.1, -0.05) is 12.1 Å². The lowest BCUT2D eigenvalue weighted by atomic mass is 9.84. The third-order valence-electron chi connectivity index (χ3n) is 4.65. The second-order valence-electron chi connectivity index (χ2n) is 6.92. The van der Waals surface area contributed by atoms with E-state index in [1.807, 2.05) is 0 Å². The first-order valence-electron chi connectivity index (χ1n) is 8.39. The summed E-state index contributed by atoms with van der Waals surface area (Å²) < 4.78 is 46.2. The highest BCUT2D eigenvalue weighted by molar-refractivity contribution is 5.85. The van der Waals surface area contributed by atoms with Gasteiger partial charge in [0.25, 0.3) is 5.69 Å². The van der Waals surface area contributed by atoms with E-state index in [1.165, 1.54) is 11.8 Å². The third kappa shape index (κ3) is 3.65. The predicted octanol–water partition coefficient (Wildman–Crippen LogP) is 4.40. The Morgan fingerprint density at radius 3 is 2.48 bits per heavy atom. The maximum atomic E-state index is 13.4. The Morgan fingerprint density at radius 2 is 1.90 bits per heavy atom. The molecule has 7 nitrogen and oxygen atoms in total. The van der Waals surface area contributed by atoms with Gasteiger partial charge >= 0.3 is 12.1 Å². The molecule has 3 rings (SSSR count). The molecular formula is C19H16F3N3O4. The van der Waals surface area contributed by atoms with E-state index in [1.54, 1.807) is 38.1 Å². The summed E-state index contributed by atoms with van der Waals surface area (Å²) in [4.78, 5) is 22.2. The second kappa shape index (κ2) is 6.87. The van der Waals surface area contributed by atoms with Gasteiger partial charge in [0.15, 0.2) is 0 Å². The number of nitro benzene ring substituents is 1. The molecule has 0 N–H and O–H groups in total. The molecule has 0 aliphatic rings. The number of esters is 1. The number of benzene rings is 2. The zero-order valence-corrected chi connectivity index (χ0v) is 15.6. The molecule has 0 bridgehead atoms. The molecule has 0 aliphatic carbocycles. The maximum Gasteiger partial charge on any atom is 0.417 e. The zero-order valence-electron chi connectivity index (χ0n) is 15.6. The van der Waals surface area contributed by atoms with Crippen LogP contribution in [0.1, 0.15) is 25.0 Å². The number of carbonyl (C=O) groups excluding carboxylic acids is 1. The van der Waals surface area contributed by atoms with Crippen molar-refractivity contribution < 1.29 is 27.6 Å². The summed E-state index contributed by atoms with van der Waals surface area (Å²) in [6, 6.07) is 8.01. The zero-order chi connectivity index (χ0) is 21.6. The number of nitrogens with zero attached hydrogens (tertiary/aromatic N) is 3. The van der Waals surface area contributed by atoms with E-state index in [4.69, 9.17) is 4.74 Å². The largest absolute Gasteiger partial charge is 0.468 e. The summed E-state index contributed by atoms with van der Waals surface area (Å²) in [6.45, 7) is 3.31. The number of methoxy groups -OCH3 is 1. The molecule has 10 heteroatoms. The van der Waals surface area contributed by atoms with Gasteiger partial charge in [0.1, 0.15) is 5.52 Å². The minimum atomic E-state index is -4.78. The number of aromatic nitrogens is 2. The average molecular weight is 407 g/mol. The molecule has 0 atom stereocenters. The fourth-order valence-corrected chi connectivity index (χ4v) is 2.99. The number of hydrogen-bond acceptors (Lipinski definition) is 5. The fraction of sp³-hybridized carbons (Fsp3) is 0.263. The van der Waals surface area contributed by atoms with Crippen LogP contribution in [-0.4, -0.2) is 27.8 Å². The fourth-order valence-electron chi connectivity index (χ4n) is 2.99. The van der Waals surface area contributed by atoms with Crippen molar-refractivity contribution in [3.05, 3.63) is 63.8 Å². The summed E-state index contributed by atoms with van der Waals surface area (Å²) in [5.74, 6) is -0.477. The Morgan fingerprint density at radius 1 is 1.21 bits per heavy atom. The van der Waals surface area contributed by atoms with Gasteiger partial charge in [0.2, 0.25) is 0 Å². The highest BCUT2D eigenvalue weighted by Gasteiger charge is 2.36. The van der Waals surface area contributed by atoms with E-state index in [0.29, 0.717) is 17.3 Å². The smallest absolute Gasteiger partial charge is 0.417 e. The maximum absolute atomic E-state index is 13.4. The van der Waals surface area contributed by atoms with Crippen molar-refractivity contribution in [1.29, 1.82) is 0 Å². The first-order valence-corrected chi connectivity index (χ1v) is 8.39.